The van der Waals surface area contributed by atoms with E-state index in [1.807, 2.05) is 6.92 Å². The Morgan fingerprint density at radius 3 is 2.16 bits per heavy atom. The zero-order valence-electron chi connectivity index (χ0n) is 12.5. The summed E-state index contributed by atoms with van der Waals surface area (Å²) in [6.45, 7) is 8.11. The zero-order valence-corrected chi connectivity index (χ0v) is 13.4. The number of aliphatic hydroxyl groups is 1. The molecule has 0 aliphatic carbocycles. The number of hydroxylamine groups is 2. The molecule has 0 heterocycles. The maximum absolute atomic E-state index is 11.6. The normalized spacial score (nSPS) is 13.7. The molecule has 0 rings (SSSR count). The van der Waals surface area contributed by atoms with Gasteiger partial charge in [-0.1, -0.05) is 27.2 Å². The third kappa shape index (κ3) is 9.96. The van der Waals surface area contributed by atoms with E-state index in [9.17, 15) is 14.6 Å². The molecule has 6 nitrogen and oxygen atoms in total. The van der Waals surface area contributed by atoms with Crippen molar-refractivity contribution >= 4 is 14.4 Å². The molecule has 0 aliphatic rings. The van der Waals surface area contributed by atoms with E-state index in [1.165, 1.54) is 11.3 Å². The molecule has 0 aliphatic heterocycles. The van der Waals surface area contributed by atoms with E-state index < -0.39 is 17.8 Å². The van der Waals surface area contributed by atoms with Gasteiger partial charge in [0.2, 0.25) is 0 Å². The van der Waals surface area contributed by atoms with Crippen LogP contribution in [-0.4, -0.2) is 58.2 Å². The van der Waals surface area contributed by atoms with E-state index in [1.54, 1.807) is 14.0 Å². The highest BCUT2D eigenvalue weighted by Gasteiger charge is 2.23. The summed E-state index contributed by atoms with van der Waals surface area (Å²) in [4.78, 5) is 13.2. The topological polar surface area (TPSA) is 81.1 Å². The molecule has 0 saturated heterocycles. The van der Waals surface area contributed by atoms with Crippen LogP contribution in [0.15, 0.2) is 0 Å². The lowest BCUT2D eigenvalue weighted by Crippen LogP contribution is -2.46. The molecule has 1 amide bonds. The van der Waals surface area contributed by atoms with Crippen LogP contribution in [0.1, 0.15) is 40.5 Å². The van der Waals surface area contributed by atoms with Crippen LogP contribution in [0.25, 0.3) is 0 Å². The molecule has 2 unspecified atom stereocenters. The standard InChI is InChI=1S/C9H19N2O4P.C3H8/c1-4-5-11(14)9(13)7(2)10(3)6-8(12)16-15;1-3-2/h7-8,12,14H,4-6H2,1-3H3;3H2,1-2H3. The van der Waals surface area contributed by atoms with E-state index in [0.717, 1.165) is 0 Å². The van der Waals surface area contributed by atoms with Crippen molar-refractivity contribution in [1.82, 2.24) is 9.96 Å². The molecule has 0 aromatic carbocycles. The minimum Gasteiger partial charge on any atom is -0.380 e. The largest absolute Gasteiger partial charge is 0.380 e. The van der Waals surface area contributed by atoms with Crippen molar-refractivity contribution < 1.29 is 19.7 Å². The Morgan fingerprint density at radius 2 is 1.79 bits per heavy atom. The number of hydrogen-bond acceptors (Lipinski definition) is 5. The van der Waals surface area contributed by atoms with E-state index in [4.69, 9.17) is 5.11 Å². The average Bonchev–Trinajstić information content (AvgIpc) is 2.37. The lowest BCUT2D eigenvalue weighted by atomic mass is 10.2. The molecule has 2 atom stereocenters. The van der Waals surface area contributed by atoms with Gasteiger partial charge in [-0.25, -0.2) is 5.06 Å². The van der Waals surface area contributed by atoms with Gasteiger partial charge >= 0.3 is 0 Å². The number of amides is 1. The van der Waals surface area contributed by atoms with Gasteiger partial charge in [-0.2, -0.15) is 0 Å². The Kier molecular flexibility index (Phi) is 13.6. The summed E-state index contributed by atoms with van der Waals surface area (Å²) in [7, 11) is 1.25. The van der Waals surface area contributed by atoms with Gasteiger partial charge in [-0.15, -0.1) is 0 Å². The molecule has 0 aromatic rings. The van der Waals surface area contributed by atoms with E-state index in [0.29, 0.717) is 11.5 Å². The van der Waals surface area contributed by atoms with Crippen molar-refractivity contribution in [3.8, 4) is 0 Å². The first kappa shape index (κ1) is 20.8. The van der Waals surface area contributed by atoms with Crippen molar-refractivity contribution in [3.05, 3.63) is 0 Å². The summed E-state index contributed by atoms with van der Waals surface area (Å²) in [5.41, 5.74) is 0. The smallest absolute Gasteiger partial charge is 0.262 e. The maximum atomic E-state index is 11.6. The predicted molar refractivity (Wildman–Crippen MR) is 75.5 cm³/mol. The second-order valence-corrected chi connectivity index (χ2v) is 5.18. The fourth-order valence-electron chi connectivity index (χ4n) is 1.18. The van der Waals surface area contributed by atoms with Crippen LogP contribution in [0, 0.1) is 0 Å². The van der Waals surface area contributed by atoms with Crippen molar-refractivity contribution in [3.63, 3.8) is 0 Å². The van der Waals surface area contributed by atoms with Gasteiger partial charge in [0, 0.05) is 13.1 Å². The Bertz CT molecular complexity index is 254. The molecule has 19 heavy (non-hydrogen) atoms. The Labute approximate surface area is 117 Å². The number of hydrogen-bond donors (Lipinski definition) is 2. The van der Waals surface area contributed by atoms with Crippen LogP contribution < -0.4 is 0 Å². The summed E-state index contributed by atoms with van der Waals surface area (Å²) in [6.07, 6.45) is 1.92. The Balaban J connectivity index is 0. The second-order valence-electron chi connectivity index (χ2n) is 4.37. The monoisotopic (exact) mass is 294 g/mol. The van der Waals surface area contributed by atoms with Crippen molar-refractivity contribution in [2.45, 2.75) is 52.4 Å². The first-order chi connectivity index (χ1) is 8.85. The highest BCUT2D eigenvalue weighted by Crippen LogP contribution is 2.07. The SMILES string of the molecule is CCC.CCCN(O)C(=O)C(C)N(C)CC(O)P=O. The van der Waals surface area contributed by atoms with Crippen molar-refractivity contribution in [1.29, 1.82) is 0 Å². The molecule has 2 N–H and O–H groups in total. The number of nitrogens with zero attached hydrogens (tertiary/aromatic N) is 2. The third-order valence-corrected chi connectivity index (χ3v) is 2.69. The summed E-state index contributed by atoms with van der Waals surface area (Å²) in [6, 6.07) is -0.562. The quantitative estimate of drug-likeness (QED) is 0.426. The average molecular weight is 294 g/mol. The predicted octanol–water partition coefficient (Wildman–Crippen LogP) is 1.96. The third-order valence-electron chi connectivity index (χ3n) is 2.28. The van der Waals surface area contributed by atoms with Crippen LogP contribution in [0.5, 0.6) is 0 Å². The maximum Gasteiger partial charge on any atom is 0.262 e. The number of aliphatic hydroxyl groups excluding tert-OH is 1. The minimum atomic E-state index is -1.02. The molecule has 0 radical (unpaired) electrons. The molecule has 7 heteroatoms. The first-order valence-electron chi connectivity index (χ1n) is 6.56. The number of carbonyl (C=O) groups is 1. The van der Waals surface area contributed by atoms with Crippen LogP contribution in [0.4, 0.5) is 0 Å². The fourth-order valence-corrected chi connectivity index (χ4v) is 1.50. The molecule has 114 valence electrons. The van der Waals surface area contributed by atoms with E-state index >= 15 is 0 Å². The van der Waals surface area contributed by atoms with Crippen molar-refractivity contribution in [2.75, 3.05) is 20.1 Å². The van der Waals surface area contributed by atoms with Gasteiger partial charge in [0.15, 0.2) is 8.46 Å². The zero-order chi connectivity index (χ0) is 15.4. The molecule has 0 bridgehead atoms. The van der Waals surface area contributed by atoms with Crippen molar-refractivity contribution in [2.24, 2.45) is 0 Å². The number of rotatable bonds is 7. The molecule has 0 spiro atoms. The highest BCUT2D eigenvalue weighted by molar-refractivity contribution is 7.24. The first-order valence-corrected chi connectivity index (χ1v) is 7.44. The van der Waals surface area contributed by atoms with Gasteiger partial charge in [-0.05, 0) is 20.4 Å². The lowest BCUT2D eigenvalue weighted by molar-refractivity contribution is -0.170. The van der Waals surface area contributed by atoms with Gasteiger partial charge in [-0.3, -0.25) is 19.5 Å². The molecule has 0 saturated carbocycles. The number of likely N-dealkylation sites (N-methyl/N-ethyl adjacent to an activating group) is 1. The van der Waals surface area contributed by atoms with Crippen LogP contribution in [0.3, 0.4) is 0 Å². The van der Waals surface area contributed by atoms with Gasteiger partial charge in [0.25, 0.3) is 5.91 Å². The van der Waals surface area contributed by atoms with Gasteiger partial charge in [0.1, 0.15) is 5.85 Å². The lowest BCUT2D eigenvalue weighted by Gasteiger charge is -2.27. The Morgan fingerprint density at radius 1 is 1.32 bits per heavy atom. The summed E-state index contributed by atoms with van der Waals surface area (Å²) in [5, 5.41) is 19.2. The highest BCUT2D eigenvalue weighted by atomic mass is 31.1. The van der Waals surface area contributed by atoms with Crippen LogP contribution in [0.2, 0.25) is 0 Å². The fraction of sp³-hybridized carbons (Fsp3) is 0.917. The van der Waals surface area contributed by atoms with Gasteiger partial charge in [0.05, 0.1) is 6.04 Å². The molecule has 0 fully saturated rings. The number of carbonyl (C=O) groups excluding carboxylic acids is 1. The molecular formula is C12H27N2O4P. The van der Waals surface area contributed by atoms with E-state index in [2.05, 4.69) is 13.8 Å². The van der Waals surface area contributed by atoms with E-state index in [-0.39, 0.29) is 21.5 Å². The molecular weight excluding hydrogens is 267 g/mol. The van der Waals surface area contributed by atoms with Crippen LogP contribution >= 0.6 is 8.46 Å². The summed E-state index contributed by atoms with van der Waals surface area (Å²) < 4.78 is 10.3. The summed E-state index contributed by atoms with van der Waals surface area (Å²) in [5.74, 6) is -1.45. The second kappa shape index (κ2) is 12.5. The Hall–Kier alpha value is -0.550. The molecule has 0 aromatic heterocycles. The van der Waals surface area contributed by atoms with Gasteiger partial charge < -0.3 is 5.11 Å². The summed E-state index contributed by atoms with van der Waals surface area (Å²) >= 11 is 0. The van der Waals surface area contributed by atoms with Crippen LogP contribution in [-0.2, 0) is 9.36 Å². The minimum absolute atomic E-state index is 0.109.